The molecule has 106 valence electrons. The van der Waals surface area contributed by atoms with Crippen molar-refractivity contribution in [3.05, 3.63) is 72.3 Å². The van der Waals surface area contributed by atoms with E-state index in [1.807, 2.05) is 36.5 Å². The molecule has 2 N–H and O–H groups in total. The van der Waals surface area contributed by atoms with Crippen LogP contribution in [0.25, 0.3) is 5.69 Å². The molecule has 5 heteroatoms. The van der Waals surface area contributed by atoms with Crippen molar-refractivity contribution in [3.8, 4) is 11.4 Å². The van der Waals surface area contributed by atoms with Crippen LogP contribution in [0.1, 0.15) is 5.56 Å². The van der Waals surface area contributed by atoms with Crippen molar-refractivity contribution >= 4 is 5.69 Å². The van der Waals surface area contributed by atoms with E-state index in [4.69, 9.17) is 5.11 Å². The summed E-state index contributed by atoms with van der Waals surface area (Å²) in [5.74, 6) is -0.974. The first-order chi connectivity index (χ1) is 10.2. The van der Waals surface area contributed by atoms with E-state index in [9.17, 15) is 4.39 Å². The Labute approximate surface area is 121 Å². The van der Waals surface area contributed by atoms with Crippen molar-refractivity contribution in [1.82, 2.24) is 9.78 Å². The second-order valence-corrected chi connectivity index (χ2v) is 4.64. The molecule has 21 heavy (non-hydrogen) atoms. The number of phenolic OH excluding ortho intramolecular Hbond substituents is 1. The molecule has 1 aromatic heterocycles. The molecule has 0 unspecified atom stereocenters. The van der Waals surface area contributed by atoms with Gasteiger partial charge >= 0.3 is 0 Å². The molecule has 3 aromatic rings. The lowest BCUT2D eigenvalue weighted by Gasteiger charge is -2.08. The molecule has 0 atom stereocenters. The van der Waals surface area contributed by atoms with Gasteiger partial charge in [0.1, 0.15) is 0 Å². The molecule has 0 bridgehead atoms. The van der Waals surface area contributed by atoms with Crippen LogP contribution in [0.5, 0.6) is 5.75 Å². The summed E-state index contributed by atoms with van der Waals surface area (Å²) in [5, 5.41) is 16.4. The van der Waals surface area contributed by atoms with Crippen LogP contribution in [0.2, 0.25) is 0 Å². The molecule has 0 saturated heterocycles. The normalized spacial score (nSPS) is 10.5. The Hall–Kier alpha value is -2.82. The van der Waals surface area contributed by atoms with Crippen LogP contribution in [-0.2, 0) is 6.54 Å². The van der Waals surface area contributed by atoms with Gasteiger partial charge in [-0.15, -0.1) is 0 Å². The minimum atomic E-state index is -0.631. The van der Waals surface area contributed by atoms with Gasteiger partial charge in [0.05, 0.1) is 5.69 Å². The van der Waals surface area contributed by atoms with Gasteiger partial charge in [-0.3, -0.25) is 0 Å². The summed E-state index contributed by atoms with van der Waals surface area (Å²) in [6.45, 7) is 0.573. The number of hydrogen-bond acceptors (Lipinski definition) is 3. The number of anilines is 1. The molecule has 0 amide bonds. The Morgan fingerprint density at radius 2 is 1.95 bits per heavy atom. The number of aromatic nitrogens is 2. The van der Waals surface area contributed by atoms with E-state index in [0.717, 1.165) is 11.3 Å². The first-order valence-electron chi connectivity index (χ1n) is 6.54. The zero-order valence-electron chi connectivity index (χ0n) is 11.2. The summed E-state index contributed by atoms with van der Waals surface area (Å²) in [6, 6.07) is 14.0. The van der Waals surface area contributed by atoms with Crippen LogP contribution < -0.4 is 5.32 Å². The molecule has 3 rings (SSSR count). The average Bonchev–Trinajstić information content (AvgIpc) is 3.03. The van der Waals surface area contributed by atoms with Gasteiger partial charge in [-0.1, -0.05) is 12.1 Å². The minimum absolute atomic E-state index is 0.343. The Bertz CT molecular complexity index is 724. The summed E-state index contributed by atoms with van der Waals surface area (Å²) in [7, 11) is 0. The molecule has 2 aromatic carbocycles. The van der Waals surface area contributed by atoms with Gasteiger partial charge in [-0.2, -0.15) is 5.10 Å². The van der Waals surface area contributed by atoms with E-state index >= 15 is 0 Å². The van der Waals surface area contributed by atoms with Gasteiger partial charge < -0.3 is 10.4 Å². The maximum atomic E-state index is 13.2. The number of hydrogen-bond donors (Lipinski definition) is 2. The van der Waals surface area contributed by atoms with E-state index in [1.54, 1.807) is 16.9 Å². The quantitative estimate of drug-likeness (QED) is 0.722. The molecule has 0 radical (unpaired) electrons. The molecule has 4 nitrogen and oxygen atoms in total. The number of benzene rings is 2. The molecular weight excluding hydrogens is 269 g/mol. The van der Waals surface area contributed by atoms with E-state index in [-0.39, 0.29) is 5.75 Å². The SMILES string of the molecule is Oc1ccc(NCc2ccc(-n3cccn3)cc2)cc1F. The molecule has 0 aliphatic carbocycles. The fourth-order valence-corrected chi connectivity index (χ4v) is 2.01. The van der Waals surface area contributed by atoms with Crippen LogP contribution in [-0.4, -0.2) is 14.9 Å². The van der Waals surface area contributed by atoms with Crippen molar-refractivity contribution in [2.75, 3.05) is 5.32 Å². The zero-order chi connectivity index (χ0) is 14.7. The topological polar surface area (TPSA) is 50.1 Å². The van der Waals surface area contributed by atoms with Crippen LogP contribution in [0.3, 0.4) is 0 Å². The fourth-order valence-electron chi connectivity index (χ4n) is 2.01. The highest BCUT2D eigenvalue weighted by molar-refractivity contribution is 5.47. The Morgan fingerprint density at radius 3 is 2.62 bits per heavy atom. The van der Waals surface area contributed by atoms with Gasteiger partial charge in [0, 0.05) is 30.7 Å². The number of phenols is 1. The average molecular weight is 283 g/mol. The number of nitrogens with one attached hydrogen (secondary N) is 1. The zero-order valence-corrected chi connectivity index (χ0v) is 11.2. The highest BCUT2D eigenvalue weighted by Gasteiger charge is 2.02. The third-order valence-corrected chi connectivity index (χ3v) is 3.15. The number of halogens is 1. The van der Waals surface area contributed by atoms with Crippen molar-refractivity contribution in [2.45, 2.75) is 6.54 Å². The molecule has 0 saturated carbocycles. The maximum absolute atomic E-state index is 13.2. The molecule has 1 heterocycles. The summed E-state index contributed by atoms with van der Waals surface area (Å²) in [4.78, 5) is 0. The van der Waals surface area contributed by atoms with Gasteiger partial charge in [-0.25, -0.2) is 9.07 Å². The van der Waals surface area contributed by atoms with Crippen molar-refractivity contribution < 1.29 is 9.50 Å². The predicted molar refractivity (Wildman–Crippen MR) is 79.0 cm³/mol. The summed E-state index contributed by atoms with van der Waals surface area (Å²) in [6.07, 6.45) is 3.61. The van der Waals surface area contributed by atoms with Crippen molar-refractivity contribution in [1.29, 1.82) is 0 Å². The maximum Gasteiger partial charge on any atom is 0.166 e. The van der Waals surface area contributed by atoms with Crippen LogP contribution >= 0.6 is 0 Å². The Balaban J connectivity index is 1.66. The fraction of sp³-hybridized carbons (Fsp3) is 0.0625. The molecule has 0 fully saturated rings. The van der Waals surface area contributed by atoms with Crippen LogP contribution in [0.15, 0.2) is 60.9 Å². The molecular formula is C16H14FN3O. The third-order valence-electron chi connectivity index (χ3n) is 3.15. The summed E-state index contributed by atoms with van der Waals surface area (Å²) in [5.41, 5.74) is 2.68. The smallest absolute Gasteiger partial charge is 0.166 e. The summed E-state index contributed by atoms with van der Waals surface area (Å²) >= 11 is 0. The van der Waals surface area contributed by atoms with E-state index < -0.39 is 5.82 Å². The van der Waals surface area contributed by atoms with Gasteiger partial charge in [-0.05, 0) is 35.9 Å². The first kappa shape index (κ1) is 13.2. The first-order valence-corrected chi connectivity index (χ1v) is 6.54. The number of rotatable bonds is 4. The van der Waals surface area contributed by atoms with E-state index in [2.05, 4.69) is 10.4 Å². The largest absolute Gasteiger partial charge is 0.505 e. The minimum Gasteiger partial charge on any atom is -0.505 e. The molecule has 0 spiro atoms. The standard InChI is InChI=1S/C16H14FN3O/c17-15-10-13(4-7-16(15)21)18-11-12-2-5-14(6-3-12)20-9-1-8-19-20/h1-10,18,21H,11H2. The lowest BCUT2D eigenvalue weighted by molar-refractivity contribution is 0.432. The van der Waals surface area contributed by atoms with E-state index in [1.165, 1.54) is 12.1 Å². The monoisotopic (exact) mass is 283 g/mol. The number of nitrogens with zero attached hydrogens (tertiary/aromatic N) is 2. The van der Waals surface area contributed by atoms with Gasteiger partial charge in [0.15, 0.2) is 11.6 Å². The number of aromatic hydroxyl groups is 1. The second kappa shape index (κ2) is 5.66. The Kier molecular flexibility index (Phi) is 3.55. The third kappa shape index (κ3) is 3.02. The highest BCUT2D eigenvalue weighted by Crippen LogP contribution is 2.20. The van der Waals surface area contributed by atoms with Crippen LogP contribution in [0, 0.1) is 5.82 Å². The van der Waals surface area contributed by atoms with Gasteiger partial charge in [0.2, 0.25) is 0 Å². The van der Waals surface area contributed by atoms with Crippen molar-refractivity contribution in [3.63, 3.8) is 0 Å². The van der Waals surface area contributed by atoms with E-state index in [0.29, 0.717) is 12.2 Å². The lowest BCUT2D eigenvalue weighted by atomic mass is 10.2. The predicted octanol–water partition coefficient (Wildman–Crippen LogP) is 3.33. The molecule has 0 aliphatic rings. The van der Waals surface area contributed by atoms with Gasteiger partial charge in [0.25, 0.3) is 0 Å². The van der Waals surface area contributed by atoms with Crippen molar-refractivity contribution in [2.24, 2.45) is 0 Å². The molecule has 0 aliphatic heterocycles. The lowest BCUT2D eigenvalue weighted by Crippen LogP contribution is -2.00. The second-order valence-electron chi connectivity index (χ2n) is 4.64. The Morgan fingerprint density at radius 1 is 1.14 bits per heavy atom. The van der Waals surface area contributed by atoms with Crippen LogP contribution in [0.4, 0.5) is 10.1 Å². The highest BCUT2D eigenvalue weighted by atomic mass is 19.1. The summed E-state index contributed by atoms with van der Waals surface area (Å²) < 4.78 is 15.0.